The number of amides is 1. The van der Waals surface area contributed by atoms with Crippen molar-refractivity contribution in [3.8, 4) is 0 Å². The smallest absolute Gasteiger partial charge is 0.224 e. The molecule has 0 spiro atoms. The van der Waals surface area contributed by atoms with Crippen LogP contribution in [0.5, 0.6) is 0 Å². The van der Waals surface area contributed by atoms with Gasteiger partial charge in [0.15, 0.2) is 0 Å². The minimum Gasteiger partial charge on any atom is -0.371 e. The lowest BCUT2D eigenvalue weighted by molar-refractivity contribution is -0.121. The molecule has 3 rings (SSSR count). The predicted octanol–water partition coefficient (Wildman–Crippen LogP) is 3.06. The molecule has 0 saturated carbocycles. The molecule has 0 unspecified atom stereocenters. The number of benzene rings is 1. The van der Waals surface area contributed by atoms with Gasteiger partial charge in [0.25, 0.3) is 0 Å². The lowest BCUT2D eigenvalue weighted by Crippen LogP contribution is -2.37. The summed E-state index contributed by atoms with van der Waals surface area (Å²) in [6, 6.07) is 8.05. The van der Waals surface area contributed by atoms with E-state index >= 15 is 0 Å². The van der Waals surface area contributed by atoms with E-state index in [2.05, 4.69) is 10.3 Å². The molecular weight excluding hydrogens is 319 g/mol. The fourth-order valence-corrected chi connectivity index (χ4v) is 2.82. The molecule has 0 bridgehead atoms. The monoisotopic (exact) mass is 334 g/mol. The van der Waals surface area contributed by atoms with Gasteiger partial charge in [-0.2, -0.15) is 0 Å². The summed E-state index contributed by atoms with van der Waals surface area (Å²) in [4.78, 5) is 16.2. The molecule has 2 atom stereocenters. The van der Waals surface area contributed by atoms with Crippen molar-refractivity contribution < 1.29 is 13.9 Å². The summed E-state index contributed by atoms with van der Waals surface area (Å²) < 4.78 is 19.3. The first kappa shape index (κ1) is 15.9. The Morgan fingerprint density at radius 1 is 1.43 bits per heavy atom. The van der Waals surface area contributed by atoms with Crippen LogP contribution in [0.15, 0.2) is 42.7 Å². The van der Waals surface area contributed by atoms with Crippen LogP contribution >= 0.6 is 11.6 Å². The van der Waals surface area contributed by atoms with E-state index in [9.17, 15) is 9.18 Å². The number of hydrogen-bond donors (Lipinski definition) is 1. The number of ether oxygens (including phenoxy) is 1. The van der Waals surface area contributed by atoms with Crippen molar-refractivity contribution in [2.24, 2.45) is 0 Å². The largest absolute Gasteiger partial charge is 0.371 e. The minimum atomic E-state index is -0.486. The Labute approximate surface area is 138 Å². The molecule has 1 aromatic carbocycles. The van der Waals surface area contributed by atoms with Crippen LogP contribution in [0.3, 0.4) is 0 Å². The molecule has 6 heteroatoms. The first-order valence-corrected chi connectivity index (χ1v) is 7.76. The molecule has 0 radical (unpaired) electrons. The average Bonchev–Trinajstić information content (AvgIpc) is 2.99. The van der Waals surface area contributed by atoms with Crippen LogP contribution in [-0.4, -0.2) is 23.5 Å². The van der Waals surface area contributed by atoms with E-state index in [1.165, 1.54) is 12.1 Å². The predicted molar refractivity (Wildman–Crippen MR) is 84.6 cm³/mol. The summed E-state index contributed by atoms with van der Waals surface area (Å²) >= 11 is 5.71. The SMILES string of the molecule is O=C(Cc1cccnc1)N[C@H]1CCO[C@H]1c1ccc(Cl)c(F)c1. The zero-order valence-electron chi connectivity index (χ0n) is 12.3. The van der Waals surface area contributed by atoms with Crippen LogP contribution in [0.1, 0.15) is 23.7 Å². The average molecular weight is 335 g/mol. The second kappa shape index (κ2) is 7.06. The zero-order chi connectivity index (χ0) is 16.2. The highest BCUT2D eigenvalue weighted by atomic mass is 35.5. The van der Waals surface area contributed by atoms with Gasteiger partial charge in [0, 0.05) is 19.0 Å². The molecule has 0 aliphatic carbocycles. The summed E-state index contributed by atoms with van der Waals surface area (Å²) in [6.07, 6.45) is 3.91. The molecule has 1 saturated heterocycles. The molecule has 1 aliphatic rings. The number of rotatable bonds is 4. The highest BCUT2D eigenvalue weighted by molar-refractivity contribution is 6.30. The van der Waals surface area contributed by atoms with E-state index in [0.29, 0.717) is 18.6 Å². The van der Waals surface area contributed by atoms with Gasteiger partial charge in [0.2, 0.25) is 5.91 Å². The van der Waals surface area contributed by atoms with Crippen LogP contribution in [-0.2, 0) is 16.0 Å². The van der Waals surface area contributed by atoms with E-state index in [4.69, 9.17) is 16.3 Å². The van der Waals surface area contributed by atoms with Gasteiger partial charge in [0.1, 0.15) is 11.9 Å². The summed E-state index contributed by atoms with van der Waals surface area (Å²) in [7, 11) is 0. The van der Waals surface area contributed by atoms with Crippen molar-refractivity contribution in [1.29, 1.82) is 0 Å². The number of carbonyl (C=O) groups is 1. The number of carbonyl (C=O) groups excluding carboxylic acids is 1. The molecule has 1 amide bonds. The topological polar surface area (TPSA) is 51.2 Å². The van der Waals surface area contributed by atoms with Gasteiger partial charge in [-0.15, -0.1) is 0 Å². The van der Waals surface area contributed by atoms with Crippen molar-refractivity contribution in [2.45, 2.75) is 25.0 Å². The maximum Gasteiger partial charge on any atom is 0.224 e. The Balaban J connectivity index is 1.67. The maximum atomic E-state index is 13.6. The van der Waals surface area contributed by atoms with Gasteiger partial charge in [-0.3, -0.25) is 9.78 Å². The Morgan fingerprint density at radius 2 is 2.30 bits per heavy atom. The summed E-state index contributed by atoms with van der Waals surface area (Å²) in [5.74, 6) is -0.590. The number of nitrogens with zero attached hydrogens (tertiary/aromatic N) is 1. The standard InChI is InChI=1S/C17H16ClFN2O2/c18-13-4-3-12(9-14(13)19)17-15(5-7-23-17)21-16(22)8-11-2-1-6-20-10-11/h1-4,6,9-10,15,17H,5,7-8H2,(H,21,22)/t15-,17-/m0/s1. The molecule has 1 fully saturated rings. The quantitative estimate of drug-likeness (QED) is 0.935. The fourth-order valence-electron chi connectivity index (χ4n) is 2.70. The lowest BCUT2D eigenvalue weighted by Gasteiger charge is -2.20. The highest BCUT2D eigenvalue weighted by Crippen LogP contribution is 2.31. The Morgan fingerprint density at radius 3 is 3.04 bits per heavy atom. The molecule has 1 N–H and O–H groups in total. The third-order valence-corrected chi connectivity index (χ3v) is 4.10. The maximum absolute atomic E-state index is 13.6. The molecule has 1 aromatic heterocycles. The molecule has 2 aromatic rings. The van der Waals surface area contributed by atoms with Crippen molar-refractivity contribution in [1.82, 2.24) is 10.3 Å². The zero-order valence-corrected chi connectivity index (χ0v) is 13.1. The first-order valence-electron chi connectivity index (χ1n) is 7.38. The van der Waals surface area contributed by atoms with E-state index in [1.807, 2.05) is 6.07 Å². The fraction of sp³-hybridized carbons (Fsp3) is 0.294. The summed E-state index contributed by atoms with van der Waals surface area (Å²) in [6.45, 7) is 0.521. The van der Waals surface area contributed by atoms with Crippen LogP contribution in [0, 0.1) is 5.82 Å². The van der Waals surface area contributed by atoms with Crippen LogP contribution < -0.4 is 5.32 Å². The van der Waals surface area contributed by atoms with E-state index in [-0.39, 0.29) is 29.5 Å². The van der Waals surface area contributed by atoms with Gasteiger partial charge < -0.3 is 10.1 Å². The Hall–Kier alpha value is -1.98. The molecule has 4 nitrogen and oxygen atoms in total. The Kier molecular flexibility index (Phi) is 4.88. The van der Waals surface area contributed by atoms with Crippen LogP contribution in [0.25, 0.3) is 0 Å². The molecule has 1 aliphatic heterocycles. The van der Waals surface area contributed by atoms with Gasteiger partial charge >= 0.3 is 0 Å². The molecular formula is C17H16ClFN2O2. The van der Waals surface area contributed by atoms with Gasteiger partial charge in [0.05, 0.1) is 17.5 Å². The van der Waals surface area contributed by atoms with Gasteiger partial charge in [-0.05, 0) is 35.7 Å². The van der Waals surface area contributed by atoms with E-state index < -0.39 is 5.82 Å². The van der Waals surface area contributed by atoms with Crippen molar-refractivity contribution in [2.75, 3.05) is 6.61 Å². The van der Waals surface area contributed by atoms with Gasteiger partial charge in [-0.1, -0.05) is 23.7 Å². The number of hydrogen-bond acceptors (Lipinski definition) is 3. The second-order valence-corrected chi connectivity index (χ2v) is 5.87. The molecule has 2 heterocycles. The van der Waals surface area contributed by atoms with Crippen molar-refractivity contribution in [3.63, 3.8) is 0 Å². The van der Waals surface area contributed by atoms with E-state index in [0.717, 1.165) is 5.56 Å². The minimum absolute atomic E-state index is 0.0731. The third-order valence-electron chi connectivity index (χ3n) is 3.80. The first-order chi connectivity index (χ1) is 11.1. The second-order valence-electron chi connectivity index (χ2n) is 5.47. The highest BCUT2D eigenvalue weighted by Gasteiger charge is 2.31. The number of nitrogens with one attached hydrogen (secondary N) is 1. The summed E-state index contributed by atoms with van der Waals surface area (Å²) in [5, 5.41) is 3.04. The molecule has 23 heavy (non-hydrogen) atoms. The number of pyridine rings is 1. The van der Waals surface area contributed by atoms with Crippen molar-refractivity contribution >= 4 is 17.5 Å². The summed E-state index contributed by atoms with van der Waals surface area (Å²) in [5.41, 5.74) is 1.52. The third kappa shape index (κ3) is 3.86. The van der Waals surface area contributed by atoms with Crippen molar-refractivity contribution in [3.05, 3.63) is 64.7 Å². The lowest BCUT2D eigenvalue weighted by atomic mass is 10.0. The number of halogens is 2. The number of aromatic nitrogens is 1. The van der Waals surface area contributed by atoms with E-state index in [1.54, 1.807) is 24.5 Å². The Bertz CT molecular complexity index is 696. The van der Waals surface area contributed by atoms with Crippen LogP contribution in [0.2, 0.25) is 5.02 Å². The molecule has 120 valence electrons. The van der Waals surface area contributed by atoms with Crippen LogP contribution in [0.4, 0.5) is 4.39 Å². The normalized spacial score (nSPS) is 20.4. The van der Waals surface area contributed by atoms with Gasteiger partial charge in [-0.25, -0.2) is 4.39 Å².